The number of nitrogens with zero attached hydrogens (tertiary/aromatic N) is 1. The Hall–Kier alpha value is -2.08. The number of nitrogens with two attached hydrogens (primary N) is 1. The van der Waals surface area contributed by atoms with Crippen molar-refractivity contribution >= 4 is 17.7 Å². The molecule has 16 heavy (non-hydrogen) atoms. The van der Waals surface area contributed by atoms with Gasteiger partial charge in [0.2, 0.25) is 0 Å². The van der Waals surface area contributed by atoms with Gasteiger partial charge >= 0.3 is 12.0 Å². The van der Waals surface area contributed by atoms with E-state index >= 15 is 0 Å². The maximum absolute atomic E-state index is 11.2. The molecule has 1 aromatic rings. The Kier molecular flexibility index (Phi) is 3.84. The van der Waals surface area contributed by atoms with Gasteiger partial charge < -0.3 is 15.9 Å². The summed E-state index contributed by atoms with van der Waals surface area (Å²) in [6.45, 7) is -0.701. The molecule has 0 fully saturated rings. The average Bonchev–Trinajstić information content (AvgIpc) is 2.25. The van der Waals surface area contributed by atoms with Gasteiger partial charge in [0.25, 0.3) is 0 Å². The normalized spacial score (nSPS) is 11.8. The van der Waals surface area contributed by atoms with Crippen molar-refractivity contribution < 1.29 is 19.8 Å². The van der Waals surface area contributed by atoms with Crippen LogP contribution in [0.25, 0.3) is 0 Å². The highest BCUT2D eigenvalue weighted by Crippen LogP contribution is 2.16. The van der Waals surface area contributed by atoms with Crippen molar-refractivity contribution in [2.24, 2.45) is 5.73 Å². The smallest absolute Gasteiger partial charge is 0.329 e. The van der Waals surface area contributed by atoms with Gasteiger partial charge in [0.1, 0.15) is 0 Å². The summed E-state index contributed by atoms with van der Waals surface area (Å²) in [5.74, 6) is -1.31. The van der Waals surface area contributed by atoms with Crippen molar-refractivity contribution in [1.82, 2.24) is 0 Å². The number of hydrogen-bond donors (Lipinski definition) is 3. The summed E-state index contributed by atoms with van der Waals surface area (Å²) in [5, 5.41) is 17.8. The van der Waals surface area contributed by atoms with Crippen molar-refractivity contribution in [2.75, 3.05) is 11.5 Å². The van der Waals surface area contributed by atoms with Crippen LogP contribution in [0.3, 0.4) is 0 Å². The van der Waals surface area contributed by atoms with Crippen LogP contribution in [0.4, 0.5) is 10.5 Å². The lowest BCUT2D eigenvalue weighted by Gasteiger charge is -2.25. The average molecular weight is 224 g/mol. The third-order valence-corrected chi connectivity index (χ3v) is 2.04. The summed E-state index contributed by atoms with van der Waals surface area (Å²) in [4.78, 5) is 22.9. The number of carbonyl (C=O) groups excluding carboxylic acids is 1. The highest BCUT2D eigenvalue weighted by molar-refractivity contribution is 5.97. The van der Waals surface area contributed by atoms with Crippen LogP contribution < -0.4 is 10.6 Å². The highest BCUT2D eigenvalue weighted by Gasteiger charge is 2.28. The van der Waals surface area contributed by atoms with E-state index in [1.54, 1.807) is 18.2 Å². The quantitative estimate of drug-likeness (QED) is 0.670. The molecule has 0 heterocycles. The Morgan fingerprint density at radius 3 is 2.25 bits per heavy atom. The number of aliphatic hydroxyl groups excluding tert-OH is 1. The number of urea groups is 1. The molecule has 0 radical (unpaired) electrons. The largest absolute Gasteiger partial charge is 0.480 e. The summed E-state index contributed by atoms with van der Waals surface area (Å²) in [6, 6.07) is 5.78. The molecule has 0 saturated carbocycles. The molecule has 86 valence electrons. The molecule has 0 bridgehead atoms. The van der Waals surface area contributed by atoms with E-state index in [9.17, 15) is 9.59 Å². The number of carboxylic acid groups (broad SMARTS) is 1. The van der Waals surface area contributed by atoms with Crippen LogP contribution in [0.2, 0.25) is 0 Å². The predicted molar refractivity (Wildman–Crippen MR) is 57.0 cm³/mol. The maximum atomic E-state index is 11.2. The number of hydrogen-bond acceptors (Lipinski definition) is 3. The Morgan fingerprint density at radius 1 is 1.31 bits per heavy atom. The van der Waals surface area contributed by atoms with E-state index < -0.39 is 24.6 Å². The Labute approximate surface area is 91.9 Å². The van der Waals surface area contributed by atoms with E-state index in [2.05, 4.69) is 0 Å². The van der Waals surface area contributed by atoms with E-state index in [0.717, 1.165) is 4.90 Å². The van der Waals surface area contributed by atoms with Gasteiger partial charge in [-0.25, -0.2) is 9.59 Å². The first-order valence-electron chi connectivity index (χ1n) is 4.55. The lowest BCUT2D eigenvalue weighted by molar-refractivity contribution is -0.139. The topological polar surface area (TPSA) is 104 Å². The summed E-state index contributed by atoms with van der Waals surface area (Å²) < 4.78 is 0. The van der Waals surface area contributed by atoms with Crippen molar-refractivity contribution in [2.45, 2.75) is 6.04 Å². The second kappa shape index (κ2) is 5.13. The number of amides is 2. The number of aliphatic hydroxyl groups is 1. The Balaban J connectivity index is 3.09. The number of carboxylic acids is 1. The van der Waals surface area contributed by atoms with Gasteiger partial charge in [-0.05, 0) is 12.1 Å². The third-order valence-electron chi connectivity index (χ3n) is 2.04. The van der Waals surface area contributed by atoms with Gasteiger partial charge in [0, 0.05) is 5.69 Å². The summed E-state index contributed by atoms with van der Waals surface area (Å²) >= 11 is 0. The predicted octanol–water partition coefficient (Wildman–Crippen LogP) is 0.0172. The number of carbonyl (C=O) groups is 2. The van der Waals surface area contributed by atoms with Crippen LogP contribution in [-0.4, -0.2) is 34.9 Å². The summed E-state index contributed by atoms with van der Waals surface area (Å²) in [7, 11) is 0. The number of anilines is 1. The molecule has 0 unspecified atom stereocenters. The zero-order chi connectivity index (χ0) is 12.1. The lowest BCUT2D eigenvalue weighted by Crippen LogP contribution is -2.50. The second-order valence-electron chi connectivity index (χ2n) is 3.08. The van der Waals surface area contributed by atoms with E-state index in [1.807, 2.05) is 0 Å². The van der Waals surface area contributed by atoms with E-state index in [0.29, 0.717) is 5.69 Å². The Bertz CT molecular complexity index is 380. The molecule has 0 aliphatic rings. The number of rotatable bonds is 4. The van der Waals surface area contributed by atoms with E-state index in [1.165, 1.54) is 12.1 Å². The molecule has 1 rings (SSSR count). The second-order valence-corrected chi connectivity index (χ2v) is 3.08. The van der Waals surface area contributed by atoms with Gasteiger partial charge in [-0.15, -0.1) is 0 Å². The fourth-order valence-corrected chi connectivity index (χ4v) is 1.32. The maximum Gasteiger partial charge on any atom is 0.329 e. The minimum atomic E-state index is -1.38. The van der Waals surface area contributed by atoms with E-state index in [-0.39, 0.29) is 0 Å². The standard InChI is InChI=1S/C10H12N2O4/c11-10(16)12(8(6-13)9(14)15)7-4-2-1-3-5-7/h1-5,8,13H,6H2,(H2,11,16)(H,14,15)/t8-/m0/s1. The van der Waals surface area contributed by atoms with Crippen LogP contribution in [0.1, 0.15) is 0 Å². The van der Waals surface area contributed by atoms with Crippen LogP contribution in [0.5, 0.6) is 0 Å². The lowest BCUT2D eigenvalue weighted by atomic mass is 10.2. The molecule has 2 amide bonds. The van der Waals surface area contributed by atoms with Gasteiger partial charge in [-0.1, -0.05) is 18.2 Å². The van der Waals surface area contributed by atoms with E-state index in [4.69, 9.17) is 15.9 Å². The zero-order valence-electron chi connectivity index (χ0n) is 8.41. The monoisotopic (exact) mass is 224 g/mol. The number of benzene rings is 1. The molecular weight excluding hydrogens is 212 g/mol. The number of aliphatic carboxylic acids is 1. The minimum absolute atomic E-state index is 0.330. The molecule has 0 aliphatic heterocycles. The molecule has 6 nitrogen and oxygen atoms in total. The van der Waals surface area contributed by atoms with Crippen molar-refractivity contribution in [3.8, 4) is 0 Å². The number of para-hydroxylation sites is 1. The summed E-state index contributed by atoms with van der Waals surface area (Å²) in [6.07, 6.45) is 0. The third kappa shape index (κ3) is 2.48. The molecule has 1 atom stereocenters. The van der Waals surface area contributed by atoms with Gasteiger partial charge in [-0.3, -0.25) is 4.90 Å². The fourth-order valence-electron chi connectivity index (χ4n) is 1.32. The Morgan fingerprint density at radius 2 is 1.88 bits per heavy atom. The SMILES string of the molecule is NC(=O)N(c1ccccc1)[C@@H](CO)C(=O)O. The fraction of sp³-hybridized carbons (Fsp3) is 0.200. The molecule has 1 aromatic carbocycles. The molecule has 0 saturated heterocycles. The van der Waals surface area contributed by atoms with Crippen molar-refractivity contribution in [1.29, 1.82) is 0 Å². The molecular formula is C10H12N2O4. The van der Waals surface area contributed by atoms with Gasteiger partial charge in [-0.2, -0.15) is 0 Å². The van der Waals surface area contributed by atoms with Gasteiger partial charge in [0.05, 0.1) is 6.61 Å². The first kappa shape index (κ1) is 12.0. The molecule has 6 heteroatoms. The van der Waals surface area contributed by atoms with Crippen LogP contribution in [-0.2, 0) is 4.79 Å². The van der Waals surface area contributed by atoms with Crippen LogP contribution in [0, 0.1) is 0 Å². The zero-order valence-corrected chi connectivity index (χ0v) is 8.41. The molecule has 0 spiro atoms. The minimum Gasteiger partial charge on any atom is -0.480 e. The van der Waals surface area contributed by atoms with Crippen molar-refractivity contribution in [3.05, 3.63) is 30.3 Å². The van der Waals surface area contributed by atoms with Crippen LogP contribution in [0.15, 0.2) is 30.3 Å². The van der Waals surface area contributed by atoms with Crippen LogP contribution >= 0.6 is 0 Å². The molecule has 0 aliphatic carbocycles. The van der Waals surface area contributed by atoms with Crippen molar-refractivity contribution in [3.63, 3.8) is 0 Å². The first-order valence-corrected chi connectivity index (χ1v) is 4.55. The van der Waals surface area contributed by atoms with Gasteiger partial charge in [0.15, 0.2) is 6.04 Å². The molecule has 0 aromatic heterocycles. The first-order chi connectivity index (χ1) is 7.57. The summed E-state index contributed by atoms with van der Waals surface area (Å²) in [5.41, 5.74) is 5.43. The highest BCUT2D eigenvalue weighted by atomic mass is 16.4. The number of primary amides is 1. The molecule has 4 N–H and O–H groups in total.